The molecule has 0 aliphatic heterocycles. The maximum absolute atomic E-state index is 13.9. The molecule has 1 aliphatic carbocycles. The summed E-state index contributed by atoms with van der Waals surface area (Å²) in [5.74, 6) is -1.22. The third-order valence-corrected chi connectivity index (χ3v) is 5.30. The highest BCUT2D eigenvalue weighted by Crippen LogP contribution is 2.39. The van der Waals surface area contributed by atoms with E-state index in [1.807, 2.05) is 0 Å². The second-order valence-corrected chi connectivity index (χ2v) is 7.29. The van der Waals surface area contributed by atoms with Crippen LogP contribution in [0.3, 0.4) is 0 Å². The fraction of sp³-hybridized carbons (Fsp3) is 0.400. The molecule has 2 aromatic heterocycles. The van der Waals surface area contributed by atoms with Gasteiger partial charge in [0.05, 0.1) is 0 Å². The zero-order valence-corrected chi connectivity index (χ0v) is 15.5. The number of benzene rings is 1. The van der Waals surface area contributed by atoms with Crippen LogP contribution in [0, 0.1) is 17.6 Å². The molecular weight excluding hydrogens is 393 g/mol. The third-order valence-electron chi connectivity index (χ3n) is 5.30. The predicted octanol–water partition coefficient (Wildman–Crippen LogP) is 5.51. The van der Waals surface area contributed by atoms with Gasteiger partial charge >= 0.3 is 6.18 Å². The zero-order valence-electron chi connectivity index (χ0n) is 15.5. The van der Waals surface area contributed by atoms with Crippen LogP contribution in [0.5, 0.6) is 5.75 Å². The van der Waals surface area contributed by atoms with Gasteiger partial charge in [0.25, 0.3) is 0 Å². The van der Waals surface area contributed by atoms with Crippen molar-refractivity contribution in [3.63, 3.8) is 0 Å². The first-order chi connectivity index (χ1) is 13.7. The number of ether oxygens (including phenoxy) is 1. The Labute approximate surface area is 163 Å². The van der Waals surface area contributed by atoms with Gasteiger partial charge in [0.15, 0.2) is 17.2 Å². The Balaban J connectivity index is 1.73. The Hall–Kier alpha value is -2.71. The molecular formula is C20H18F5N3O. The maximum Gasteiger partial charge on any atom is 0.420 e. The van der Waals surface area contributed by atoms with Crippen molar-refractivity contribution in [2.24, 2.45) is 5.92 Å². The number of hydrogen-bond acceptors (Lipinski definition) is 3. The highest BCUT2D eigenvalue weighted by molar-refractivity contribution is 5.54. The summed E-state index contributed by atoms with van der Waals surface area (Å²) in [6, 6.07) is 3.92. The minimum absolute atomic E-state index is 0.198. The van der Waals surface area contributed by atoms with E-state index in [1.165, 1.54) is 23.6 Å². The Morgan fingerprint density at radius 1 is 1.17 bits per heavy atom. The quantitative estimate of drug-likeness (QED) is 0.520. The summed E-state index contributed by atoms with van der Waals surface area (Å²) < 4.78 is 75.3. The largest absolute Gasteiger partial charge is 0.483 e. The van der Waals surface area contributed by atoms with E-state index < -0.39 is 29.5 Å². The van der Waals surface area contributed by atoms with Crippen LogP contribution in [0.1, 0.15) is 49.2 Å². The Morgan fingerprint density at radius 2 is 1.93 bits per heavy atom. The molecule has 0 N–H and O–H groups in total. The van der Waals surface area contributed by atoms with Crippen molar-refractivity contribution in [1.82, 2.24) is 14.6 Å². The number of pyridine rings is 1. The van der Waals surface area contributed by atoms with Crippen LogP contribution in [0.4, 0.5) is 22.0 Å². The van der Waals surface area contributed by atoms with Crippen molar-refractivity contribution in [3.8, 4) is 5.75 Å². The lowest BCUT2D eigenvalue weighted by Gasteiger charge is -2.24. The van der Waals surface area contributed by atoms with E-state index in [0.717, 1.165) is 31.4 Å². The summed E-state index contributed by atoms with van der Waals surface area (Å²) in [7, 11) is 0. The van der Waals surface area contributed by atoms with Crippen LogP contribution in [-0.4, -0.2) is 14.6 Å². The molecule has 1 aromatic carbocycles. The van der Waals surface area contributed by atoms with E-state index in [9.17, 15) is 22.0 Å². The van der Waals surface area contributed by atoms with Gasteiger partial charge < -0.3 is 4.74 Å². The molecule has 0 amide bonds. The van der Waals surface area contributed by atoms with Crippen LogP contribution >= 0.6 is 0 Å². The van der Waals surface area contributed by atoms with Gasteiger partial charge in [-0.05, 0) is 31.0 Å². The van der Waals surface area contributed by atoms with Crippen LogP contribution in [0.25, 0.3) is 5.65 Å². The number of nitrogens with zero attached hydrogens (tertiary/aromatic N) is 3. The summed E-state index contributed by atoms with van der Waals surface area (Å²) in [6.07, 6.45) is -0.616. The first-order valence-electron chi connectivity index (χ1n) is 9.29. The number of fused-ring (bicyclic) bond motifs is 1. The van der Waals surface area contributed by atoms with E-state index in [2.05, 4.69) is 10.2 Å². The normalized spacial score (nSPS) is 16.1. The molecule has 1 aliphatic rings. The molecule has 0 saturated heterocycles. The first-order valence-corrected chi connectivity index (χ1v) is 9.29. The van der Waals surface area contributed by atoms with Crippen LogP contribution in [0.15, 0.2) is 30.5 Å². The second kappa shape index (κ2) is 7.27. The maximum atomic E-state index is 13.9. The molecule has 1 atom stereocenters. The molecule has 4 rings (SSSR count). The molecule has 29 heavy (non-hydrogen) atoms. The summed E-state index contributed by atoms with van der Waals surface area (Å²) in [6.45, 7) is 1.37. The highest BCUT2D eigenvalue weighted by Gasteiger charge is 2.39. The lowest BCUT2D eigenvalue weighted by molar-refractivity contribution is -0.138. The first kappa shape index (κ1) is 19.6. The van der Waals surface area contributed by atoms with Gasteiger partial charge in [0.2, 0.25) is 0 Å². The predicted molar refractivity (Wildman–Crippen MR) is 94.4 cm³/mol. The van der Waals surface area contributed by atoms with E-state index in [1.54, 1.807) is 0 Å². The van der Waals surface area contributed by atoms with Gasteiger partial charge in [-0.3, -0.25) is 4.40 Å². The van der Waals surface area contributed by atoms with Crippen molar-refractivity contribution in [3.05, 3.63) is 59.0 Å². The SMILES string of the molecule is C[C@H](Oc1ccc(F)cc1F)c1ccn2c(CC3CCC3)nnc2c1C(F)(F)F. The topological polar surface area (TPSA) is 39.4 Å². The number of rotatable bonds is 5. The molecule has 154 valence electrons. The fourth-order valence-corrected chi connectivity index (χ4v) is 3.57. The smallest absolute Gasteiger partial charge is 0.420 e. The number of hydrogen-bond donors (Lipinski definition) is 0. The Bertz CT molecular complexity index is 1040. The van der Waals surface area contributed by atoms with E-state index in [-0.39, 0.29) is 17.0 Å². The molecule has 4 nitrogen and oxygen atoms in total. The fourth-order valence-electron chi connectivity index (χ4n) is 3.57. The molecule has 0 spiro atoms. The summed E-state index contributed by atoms with van der Waals surface area (Å²) in [5.41, 5.74) is -1.47. The average Bonchev–Trinajstić information content (AvgIpc) is 3.01. The van der Waals surface area contributed by atoms with Gasteiger partial charge in [0, 0.05) is 24.2 Å². The summed E-state index contributed by atoms with van der Waals surface area (Å²) in [4.78, 5) is 0. The van der Waals surface area contributed by atoms with Crippen molar-refractivity contribution in [2.45, 2.75) is 44.9 Å². The number of halogens is 5. The molecule has 1 fully saturated rings. The number of alkyl halides is 3. The molecule has 0 unspecified atom stereocenters. The molecule has 9 heteroatoms. The highest BCUT2D eigenvalue weighted by atomic mass is 19.4. The van der Waals surface area contributed by atoms with Crippen LogP contribution < -0.4 is 4.74 Å². The molecule has 2 heterocycles. The van der Waals surface area contributed by atoms with E-state index >= 15 is 0 Å². The van der Waals surface area contributed by atoms with Gasteiger partial charge in [0.1, 0.15) is 23.3 Å². The van der Waals surface area contributed by atoms with Gasteiger partial charge in [-0.25, -0.2) is 8.78 Å². The Kier molecular flexibility index (Phi) is 4.92. The van der Waals surface area contributed by atoms with Crippen molar-refractivity contribution < 1.29 is 26.7 Å². The molecule has 1 saturated carbocycles. The lowest BCUT2D eigenvalue weighted by Crippen LogP contribution is -2.18. The second-order valence-electron chi connectivity index (χ2n) is 7.29. The van der Waals surface area contributed by atoms with E-state index in [4.69, 9.17) is 4.74 Å². The standard InChI is InChI=1S/C20H18F5N3O/c1-11(29-16-6-5-13(21)10-15(16)22)14-7-8-28-17(9-12-3-2-4-12)26-27-19(28)18(14)20(23,24)25/h5-8,10-12H,2-4,9H2,1H3/t11-/m0/s1. The molecule has 0 radical (unpaired) electrons. The molecule has 3 aromatic rings. The summed E-state index contributed by atoms with van der Waals surface area (Å²) in [5, 5.41) is 7.76. The minimum atomic E-state index is -4.71. The number of aromatic nitrogens is 3. The van der Waals surface area contributed by atoms with Crippen LogP contribution in [0.2, 0.25) is 0 Å². The summed E-state index contributed by atoms with van der Waals surface area (Å²) >= 11 is 0. The minimum Gasteiger partial charge on any atom is -0.483 e. The van der Waals surface area contributed by atoms with Crippen molar-refractivity contribution >= 4 is 5.65 Å². The van der Waals surface area contributed by atoms with Crippen molar-refractivity contribution in [2.75, 3.05) is 0 Å². The monoisotopic (exact) mass is 411 g/mol. The van der Waals surface area contributed by atoms with Crippen LogP contribution in [-0.2, 0) is 12.6 Å². The van der Waals surface area contributed by atoms with Gasteiger partial charge in [-0.2, -0.15) is 13.2 Å². The van der Waals surface area contributed by atoms with Crippen molar-refractivity contribution in [1.29, 1.82) is 0 Å². The zero-order chi connectivity index (χ0) is 20.8. The average molecular weight is 411 g/mol. The van der Waals surface area contributed by atoms with Gasteiger partial charge in [-0.1, -0.05) is 19.3 Å². The van der Waals surface area contributed by atoms with E-state index in [0.29, 0.717) is 24.2 Å². The lowest BCUT2D eigenvalue weighted by atomic mass is 9.83. The Morgan fingerprint density at radius 3 is 2.55 bits per heavy atom. The molecule has 0 bridgehead atoms. The van der Waals surface area contributed by atoms with Gasteiger partial charge in [-0.15, -0.1) is 10.2 Å². The third kappa shape index (κ3) is 3.77.